The molecule has 1 unspecified atom stereocenters. The van der Waals surface area contributed by atoms with Gasteiger partial charge in [-0.2, -0.15) is 9.40 Å². The van der Waals surface area contributed by atoms with Gasteiger partial charge in [0.15, 0.2) is 0 Å². The molecule has 5 rings (SSSR count). The van der Waals surface area contributed by atoms with Crippen LogP contribution in [0.3, 0.4) is 0 Å². The lowest BCUT2D eigenvalue weighted by Crippen LogP contribution is -2.45. The number of rotatable bonds is 8. The van der Waals surface area contributed by atoms with Crippen LogP contribution in [0.2, 0.25) is 0 Å². The lowest BCUT2D eigenvalue weighted by molar-refractivity contribution is -0.141. The molecule has 1 aliphatic rings. The third kappa shape index (κ3) is 5.38. The summed E-state index contributed by atoms with van der Waals surface area (Å²) >= 11 is 4.54. The molecule has 1 aliphatic heterocycles. The van der Waals surface area contributed by atoms with E-state index in [-0.39, 0.29) is 6.42 Å². The van der Waals surface area contributed by atoms with Gasteiger partial charge in [-0.1, -0.05) is 48.5 Å². The van der Waals surface area contributed by atoms with E-state index in [0.717, 1.165) is 22.6 Å². The van der Waals surface area contributed by atoms with Crippen LogP contribution in [0.15, 0.2) is 96.2 Å². The summed E-state index contributed by atoms with van der Waals surface area (Å²) in [6.07, 6.45) is 3.79. The van der Waals surface area contributed by atoms with Crippen LogP contribution in [0.5, 0.6) is 5.75 Å². The Bertz CT molecular complexity index is 1470. The maximum atomic E-state index is 13.6. The van der Waals surface area contributed by atoms with Crippen molar-refractivity contribution >= 4 is 35.7 Å². The molecule has 0 aliphatic carbocycles. The number of para-hydroxylation sites is 1. The molecule has 8 nitrogen and oxygen atoms in total. The first kappa shape index (κ1) is 25.8. The largest absolute Gasteiger partial charge is 0.497 e. The molecule has 0 saturated carbocycles. The number of carboxylic acid groups (broad SMARTS) is 1. The van der Waals surface area contributed by atoms with Crippen molar-refractivity contribution < 1.29 is 18.8 Å². The molecule has 0 bridgehead atoms. The molecule has 4 aromatic rings. The minimum atomic E-state index is -1.79. The first-order valence-corrected chi connectivity index (χ1v) is 13.5. The Morgan fingerprint density at radius 3 is 2.39 bits per heavy atom. The van der Waals surface area contributed by atoms with Gasteiger partial charge in [0, 0.05) is 17.3 Å². The van der Waals surface area contributed by atoms with E-state index in [1.807, 2.05) is 91.1 Å². The van der Waals surface area contributed by atoms with Crippen molar-refractivity contribution in [2.24, 2.45) is 0 Å². The number of carbonyl (C=O) groups is 1. The van der Waals surface area contributed by atoms with Crippen LogP contribution >= 0.6 is 12.6 Å². The maximum absolute atomic E-state index is 13.6. The summed E-state index contributed by atoms with van der Waals surface area (Å²) in [5.74, 6) is -0.346. The Morgan fingerprint density at radius 2 is 1.76 bits per heavy atom. The zero-order valence-electron chi connectivity index (χ0n) is 20.5. The van der Waals surface area contributed by atoms with Crippen molar-refractivity contribution in [1.82, 2.24) is 19.4 Å². The molecule has 3 atom stereocenters. The van der Waals surface area contributed by atoms with Gasteiger partial charge in [-0.25, -0.2) is 8.89 Å². The zero-order valence-corrected chi connectivity index (χ0v) is 22.2. The van der Waals surface area contributed by atoms with E-state index >= 15 is 0 Å². The number of carboxylic acids is 1. The number of ether oxygens (including phenoxy) is 1. The lowest BCUT2D eigenvalue weighted by atomic mass is 10.1. The third-order valence-corrected chi connectivity index (χ3v) is 8.16. The number of methoxy groups -OCH3 is 1. The second-order valence-electron chi connectivity index (χ2n) is 8.62. The van der Waals surface area contributed by atoms with E-state index in [1.54, 1.807) is 17.9 Å². The first-order chi connectivity index (χ1) is 18.4. The Hall–Kier alpha value is -3.86. The summed E-state index contributed by atoms with van der Waals surface area (Å²) in [7, 11) is -0.180. The van der Waals surface area contributed by atoms with Crippen molar-refractivity contribution in [2.45, 2.75) is 18.0 Å². The highest BCUT2D eigenvalue weighted by molar-refractivity contribution is 7.89. The highest BCUT2D eigenvalue weighted by atomic mass is 32.2. The van der Waals surface area contributed by atoms with Crippen LogP contribution in [0.1, 0.15) is 11.1 Å². The van der Waals surface area contributed by atoms with E-state index in [9.17, 15) is 14.1 Å². The number of hydrogen-bond donors (Lipinski definition) is 3. The molecule has 10 heteroatoms. The van der Waals surface area contributed by atoms with Gasteiger partial charge in [0.2, 0.25) is 0 Å². The average Bonchev–Trinajstić information content (AvgIpc) is 3.48. The summed E-state index contributed by atoms with van der Waals surface area (Å²) < 4.78 is 22.0. The number of aromatic nitrogens is 2. The molecule has 0 radical (unpaired) electrons. The highest BCUT2D eigenvalue weighted by Gasteiger charge is 2.41. The van der Waals surface area contributed by atoms with E-state index in [2.05, 4.69) is 17.9 Å². The first-order valence-electron chi connectivity index (χ1n) is 11.9. The van der Waals surface area contributed by atoms with Crippen LogP contribution in [0.4, 0.5) is 0 Å². The second-order valence-corrected chi connectivity index (χ2v) is 10.5. The predicted molar refractivity (Wildman–Crippen MR) is 151 cm³/mol. The second kappa shape index (κ2) is 11.3. The van der Waals surface area contributed by atoms with E-state index in [1.165, 1.54) is 4.31 Å². The Kier molecular flexibility index (Phi) is 7.64. The third-order valence-electron chi connectivity index (χ3n) is 6.17. The topological polar surface area (TPSA) is 96.7 Å². The SMILES string of the molecule is COc1ccc(-c2nn(-c3ccccc3)cc2/C=C2/N[C@H](S)N([C@@H](Cc3ccccc3)C(=O)O)S2=O)cc1. The molecule has 0 amide bonds. The summed E-state index contributed by atoms with van der Waals surface area (Å²) in [4.78, 5) is 12.2. The Morgan fingerprint density at radius 1 is 1.11 bits per heavy atom. The number of benzene rings is 3. The van der Waals surface area contributed by atoms with E-state index in [0.29, 0.717) is 16.3 Å². The minimum Gasteiger partial charge on any atom is -0.497 e. The van der Waals surface area contributed by atoms with E-state index in [4.69, 9.17) is 9.84 Å². The van der Waals surface area contributed by atoms with Crippen molar-refractivity contribution in [3.8, 4) is 22.7 Å². The molecular weight excluding hydrogens is 520 g/mol. The van der Waals surface area contributed by atoms with Crippen LogP contribution in [0.25, 0.3) is 23.0 Å². The Balaban J connectivity index is 1.52. The van der Waals surface area contributed by atoms with Crippen LogP contribution in [-0.2, 0) is 22.2 Å². The van der Waals surface area contributed by atoms with Gasteiger partial charge in [0.05, 0.1) is 12.8 Å². The zero-order chi connectivity index (χ0) is 26.6. The van der Waals surface area contributed by atoms with Crippen molar-refractivity contribution in [3.05, 3.63) is 107 Å². The van der Waals surface area contributed by atoms with Crippen molar-refractivity contribution in [2.75, 3.05) is 7.11 Å². The standard InChI is InChI=1S/C28H26N4O4S2/c1-36-23-14-12-20(13-15-23)26-21(18-31(30-26)22-10-6-3-7-11-22)17-25-29-28(37)32(38(25)35)24(27(33)34)16-19-8-4-2-5-9-19/h2-15,17-18,24,28-29,37H,16H2,1H3,(H,33,34)/b25-17-/t24-,28-,38?/m0/s1. The molecular formula is C28H26N4O4S2. The summed E-state index contributed by atoms with van der Waals surface area (Å²) in [6.45, 7) is 0. The number of aliphatic carboxylic acids is 1. The molecule has 38 heavy (non-hydrogen) atoms. The number of nitrogens with one attached hydrogen (secondary N) is 1. The summed E-state index contributed by atoms with van der Waals surface area (Å²) in [6, 6.07) is 25.4. The summed E-state index contributed by atoms with van der Waals surface area (Å²) in [5, 5.41) is 18.3. The predicted octanol–water partition coefficient (Wildman–Crippen LogP) is 4.32. The van der Waals surface area contributed by atoms with Gasteiger partial charge in [0.1, 0.15) is 39.0 Å². The fraction of sp³-hybridized carbons (Fsp3) is 0.143. The smallest absolute Gasteiger partial charge is 0.322 e. The molecule has 2 heterocycles. The van der Waals surface area contributed by atoms with Crippen LogP contribution in [-0.4, -0.2) is 48.0 Å². The fourth-order valence-corrected chi connectivity index (χ4v) is 6.21. The molecule has 1 saturated heterocycles. The van der Waals surface area contributed by atoms with E-state index < -0.39 is 28.5 Å². The van der Waals surface area contributed by atoms with Crippen molar-refractivity contribution in [1.29, 1.82) is 0 Å². The molecule has 3 aromatic carbocycles. The quantitative estimate of drug-likeness (QED) is 0.285. The molecule has 0 spiro atoms. The average molecular weight is 547 g/mol. The fourth-order valence-electron chi connectivity index (χ4n) is 4.27. The van der Waals surface area contributed by atoms with Gasteiger partial charge < -0.3 is 15.2 Å². The number of nitrogens with zero attached hydrogens (tertiary/aromatic N) is 3. The molecule has 1 aromatic heterocycles. The summed E-state index contributed by atoms with van der Waals surface area (Å²) in [5.41, 5.74) is 3.20. The molecule has 194 valence electrons. The van der Waals surface area contributed by atoms with Crippen LogP contribution < -0.4 is 10.1 Å². The monoisotopic (exact) mass is 546 g/mol. The molecule has 1 fully saturated rings. The minimum absolute atomic E-state index is 0.191. The maximum Gasteiger partial charge on any atom is 0.322 e. The highest BCUT2D eigenvalue weighted by Crippen LogP contribution is 2.31. The number of thiol groups is 1. The lowest BCUT2D eigenvalue weighted by Gasteiger charge is -2.24. The molecule has 2 N–H and O–H groups in total. The number of hydrogen-bond acceptors (Lipinski definition) is 6. The van der Waals surface area contributed by atoms with Gasteiger partial charge in [-0.05, 0) is 54.5 Å². The van der Waals surface area contributed by atoms with Crippen LogP contribution in [0, 0.1) is 0 Å². The van der Waals surface area contributed by atoms with Crippen molar-refractivity contribution in [3.63, 3.8) is 0 Å². The van der Waals surface area contributed by atoms with Gasteiger partial charge in [0.25, 0.3) is 0 Å². The van der Waals surface area contributed by atoms with Gasteiger partial charge in [-0.15, -0.1) is 12.6 Å². The van der Waals surface area contributed by atoms with Gasteiger partial charge >= 0.3 is 5.97 Å². The van der Waals surface area contributed by atoms with Gasteiger partial charge in [-0.3, -0.25) is 4.79 Å². The Labute approximate surface area is 228 Å². The normalized spacial score (nSPS) is 19.3.